The molecular formula is C28H32FN3O4. The van der Waals surface area contributed by atoms with Crippen LogP contribution in [0.2, 0.25) is 0 Å². The molecule has 1 saturated heterocycles. The van der Waals surface area contributed by atoms with Crippen molar-refractivity contribution in [3.05, 3.63) is 71.4 Å². The number of piperidine rings is 1. The number of anilines is 1. The molecule has 4 rings (SSSR count). The first kappa shape index (κ1) is 25.6. The molecule has 1 aliphatic heterocycles. The molecule has 0 atom stereocenters. The van der Waals surface area contributed by atoms with Crippen LogP contribution in [0.25, 0.3) is 11.3 Å². The first-order chi connectivity index (χ1) is 17.3. The lowest BCUT2D eigenvalue weighted by molar-refractivity contribution is -0.136. The summed E-state index contributed by atoms with van der Waals surface area (Å²) < 4.78 is 18.9. The molecule has 0 radical (unpaired) electrons. The number of carboxylic acids is 1. The van der Waals surface area contributed by atoms with Crippen molar-refractivity contribution < 1.29 is 24.1 Å². The van der Waals surface area contributed by atoms with Crippen LogP contribution < -0.4 is 9.64 Å². The summed E-state index contributed by atoms with van der Waals surface area (Å²) in [5, 5.41) is 19.5. The summed E-state index contributed by atoms with van der Waals surface area (Å²) in [7, 11) is 0. The molecule has 0 aliphatic carbocycles. The monoisotopic (exact) mass is 493 g/mol. The molecule has 0 spiro atoms. The third kappa shape index (κ3) is 6.18. The number of halogens is 1. The Hall–Kier alpha value is -3.52. The molecule has 7 nitrogen and oxygen atoms in total. The molecule has 0 unspecified atom stereocenters. The molecule has 8 heteroatoms. The van der Waals surface area contributed by atoms with Crippen molar-refractivity contribution in [3.63, 3.8) is 0 Å². The number of nitrogens with zero attached hydrogens (tertiary/aromatic N) is 3. The Morgan fingerprint density at radius 2 is 1.81 bits per heavy atom. The van der Waals surface area contributed by atoms with E-state index in [1.165, 1.54) is 12.1 Å². The van der Waals surface area contributed by atoms with Gasteiger partial charge in [-0.15, -0.1) is 0 Å². The quantitative estimate of drug-likeness (QED) is 0.448. The molecule has 190 valence electrons. The highest BCUT2D eigenvalue weighted by atomic mass is 19.1. The van der Waals surface area contributed by atoms with Gasteiger partial charge in [-0.3, -0.25) is 14.8 Å². The molecule has 2 N–H and O–H groups in total. The van der Waals surface area contributed by atoms with Gasteiger partial charge in [0, 0.05) is 36.8 Å². The second-order valence-corrected chi connectivity index (χ2v) is 9.93. The van der Waals surface area contributed by atoms with Crippen LogP contribution in [0.5, 0.6) is 5.75 Å². The predicted octanol–water partition coefficient (Wildman–Crippen LogP) is 4.65. The van der Waals surface area contributed by atoms with Crippen molar-refractivity contribution in [2.24, 2.45) is 5.41 Å². The molecule has 0 bridgehead atoms. The van der Waals surface area contributed by atoms with Crippen molar-refractivity contribution in [2.75, 3.05) is 24.6 Å². The topological polar surface area (TPSA) is 95.8 Å². The van der Waals surface area contributed by atoms with Gasteiger partial charge in [-0.1, -0.05) is 26.0 Å². The maximum absolute atomic E-state index is 13.1. The van der Waals surface area contributed by atoms with Crippen molar-refractivity contribution in [1.82, 2.24) is 9.97 Å². The molecule has 36 heavy (non-hydrogen) atoms. The number of pyridine rings is 2. The Balaban J connectivity index is 1.59. The summed E-state index contributed by atoms with van der Waals surface area (Å²) in [6.07, 6.45) is 5.68. The van der Waals surface area contributed by atoms with E-state index < -0.39 is 5.97 Å². The zero-order valence-electron chi connectivity index (χ0n) is 20.7. The van der Waals surface area contributed by atoms with Gasteiger partial charge in [0.05, 0.1) is 42.9 Å². The predicted molar refractivity (Wildman–Crippen MR) is 136 cm³/mol. The molecule has 2 aromatic heterocycles. The number of carboxylic acid groups (broad SMARTS) is 1. The Bertz CT molecular complexity index is 1190. The van der Waals surface area contributed by atoms with E-state index in [9.17, 15) is 19.4 Å². The molecule has 0 amide bonds. The zero-order valence-corrected chi connectivity index (χ0v) is 20.7. The van der Waals surface area contributed by atoms with Crippen LogP contribution in [-0.4, -0.2) is 45.8 Å². The lowest BCUT2D eigenvalue weighted by atomic mass is 9.82. The summed E-state index contributed by atoms with van der Waals surface area (Å²) in [5.74, 6) is -0.631. The van der Waals surface area contributed by atoms with Gasteiger partial charge in [-0.05, 0) is 48.1 Å². The van der Waals surface area contributed by atoms with E-state index >= 15 is 0 Å². The van der Waals surface area contributed by atoms with Crippen LogP contribution in [0.3, 0.4) is 0 Å². The summed E-state index contributed by atoms with van der Waals surface area (Å²) >= 11 is 0. The zero-order chi connectivity index (χ0) is 25.7. The number of aliphatic hydroxyl groups excluding tert-OH is 1. The van der Waals surface area contributed by atoms with E-state index in [4.69, 9.17) is 4.74 Å². The minimum Gasteiger partial charge on any atom is -0.492 e. The summed E-state index contributed by atoms with van der Waals surface area (Å²) in [6.45, 7) is 6.15. The summed E-state index contributed by atoms with van der Waals surface area (Å²) in [6, 6.07) is 10.0. The second kappa shape index (κ2) is 11.0. The Kier molecular flexibility index (Phi) is 7.84. The summed E-state index contributed by atoms with van der Waals surface area (Å²) in [4.78, 5) is 22.9. The van der Waals surface area contributed by atoms with E-state index in [1.54, 1.807) is 24.5 Å². The molecule has 1 fully saturated rings. The molecular weight excluding hydrogens is 461 g/mol. The van der Waals surface area contributed by atoms with E-state index in [2.05, 4.69) is 28.7 Å². The lowest BCUT2D eigenvalue weighted by Crippen LogP contribution is -2.38. The first-order valence-electron chi connectivity index (χ1n) is 12.2. The number of carbonyl (C=O) groups is 1. The fourth-order valence-corrected chi connectivity index (χ4v) is 4.50. The standard InChI is InChI=1S/C28H32FN3O4/c1-28(2)10-12-32(13-11-28)27-22(15-26(34)35)25(18-33)31-17-23(27)24-8-7-21(16-30-24)36-14-9-19-3-5-20(29)6-4-19/h3-8,16-17,33H,9-15,18H2,1-2H3,(H,34,35). The number of ether oxygens (including phenoxy) is 1. The summed E-state index contributed by atoms with van der Waals surface area (Å²) in [5.41, 5.74) is 4.29. The minimum atomic E-state index is -0.972. The van der Waals surface area contributed by atoms with E-state index in [0.717, 1.165) is 42.7 Å². The van der Waals surface area contributed by atoms with Crippen molar-refractivity contribution >= 4 is 11.7 Å². The van der Waals surface area contributed by atoms with Gasteiger partial charge in [0.2, 0.25) is 0 Å². The van der Waals surface area contributed by atoms with Crippen LogP contribution in [0.15, 0.2) is 48.8 Å². The van der Waals surface area contributed by atoms with Crippen molar-refractivity contribution in [3.8, 4) is 17.0 Å². The van der Waals surface area contributed by atoms with Gasteiger partial charge in [0.15, 0.2) is 0 Å². The fourth-order valence-electron chi connectivity index (χ4n) is 4.50. The average Bonchev–Trinajstić information content (AvgIpc) is 2.85. The maximum atomic E-state index is 13.1. The fraction of sp³-hybridized carbons (Fsp3) is 0.393. The SMILES string of the molecule is CC1(C)CCN(c2c(-c3ccc(OCCc4ccc(F)cc4)cn3)cnc(CO)c2CC(=O)O)CC1. The number of aromatic nitrogens is 2. The van der Waals surface area contributed by atoms with Crippen LogP contribution in [0.1, 0.15) is 43.5 Å². The number of aliphatic hydroxyl groups is 1. The third-order valence-electron chi connectivity index (χ3n) is 6.73. The van der Waals surface area contributed by atoms with E-state index in [-0.39, 0.29) is 24.3 Å². The smallest absolute Gasteiger partial charge is 0.307 e. The molecule has 0 saturated carbocycles. The Morgan fingerprint density at radius 1 is 1.08 bits per heavy atom. The highest BCUT2D eigenvalue weighted by Gasteiger charge is 2.30. The van der Waals surface area contributed by atoms with Crippen molar-refractivity contribution in [2.45, 2.75) is 46.1 Å². The lowest BCUT2D eigenvalue weighted by Gasteiger charge is -2.40. The first-order valence-corrected chi connectivity index (χ1v) is 12.2. The van der Waals surface area contributed by atoms with Gasteiger partial charge < -0.3 is 19.8 Å². The Morgan fingerprint density at radius 3 is 2.42 bits per heavy atom. The van der Waals surface area contributed by atoms with Crippen LogP contribution in [0.4, 0.5) is 10.1 Å². The number of hydrogen-bond acceptors (Lipinski definition) is 6. The van der Waals surface area contributed by atoms with Gasteiger partial charge in [0.25, 0.3) is 0 Å². The molecule has 1 aliphatic rings. The third-order valence-corrected chi connectivity index (χ3v) is 6.73. The maximum Gasteiger partial charge on any atom is 0.307 e. The minimum absolute atomic E-state index is 0.224. The number of aliphatic carboxylic acids is 1. The highest BCUT2D eigenvalue weighted by Crippen LogP contribution is 2.39. The highest BCUT2D eigenvalue weighted by molar-refractivity contribution is 5.83. The van der Waals surface area contributed by atoms with Crippen molar-refractivity contribution in [1.29, 1.82) is 0 Å². The van der Waals surface area contributed by atoms with E-state index in [1.807, 2.05) is 12.1 Å². The van der Waals surface area contributed by atoms with Gasteiger partial charge in [0.1, 0.15) is 11.6 Å². The number of hydrogen-bond donors (Lipinski definition) is 2. The second-order valence-electron chi connectivity index (χ2n) is 9.93. The molecule has 1 aromatic carbocycles. The van der Waals surface area contributed by atoms with E-state index in [0.29, 0.717) is 35.7 Å². The number of benzene rings is 1. The largest absolute Gasteiger partial charge is 0.492 e. The normalized spacial score (nSPS) is 15.1. The molecule has 3 aromatic rings. The van der Waals surface area contributed by atoms with Crippen LogP contribution >= 0.6 is 0 Å². The van der Waals surface area contributed by atoms with Crippen LogP contribution in [0, 0.1) is 11.2 Å². The number of rotatable bonds is 9. The average molecular weight is 494 g/mol. The molecule has 3 heterocycles. The van der Waals surface area contributed by atoms with Gasteiger partial charge in [-0.2, -0.15) is 0 Å². The van der Waals surface area contributed by atoms with Gasteiger partial charge >= 0.3 is 5.97 Å². The van der Waals surface area contributed by atoms with Gasteiger partial charge in [-0.25, -0.2) is 4.39 Å². The Labute approximate surface area is 210 Å². The van der Waals surface area contributed by atoms with Crippen LogP contribution in [-0.2, 0) is 24.2 Å².